The van der Waals surface area contributed by atoms with E-state index < -0.39 is 0 Å². The lowest BCUT2D eigenvalue weighted by Crippen LogP contribution is -2.24. The van der Waals surface area contributed by atoms with E-state index in [0.29, 0.717) is 27.7 Å². The number of fused-ring (bicyclic) bond motifs is 2. The number of pyridine rings is 3. The van der Waals surface area contributed by atoms with Crippen LogP contribution in [0.2, 0.25) is 0 Å². The first-order chi connectivity index (χ1) is 20.0. The summed E-state index contributed by atoms with van der Waals surface area (Å²) in [5, 5.41) is 11.4. The van der Waals surface area contributed by atoms with E-state index in [0.717, 1.165) is 63.7 Å². The Bertz CT molecular complexity index is 1930. The van der Waals surface area contributed by atoms with Crippen molar-refractivity contribution in [3.05, 3.63) is 60.1 Å². The number of H-pyrrole nitrogens is 2. The standard InChI is InChI=1S/C30H26N8O2S/c1-16(39)24-7-8-25(41-24)22-14-32-15-23-26(22)36-29(35-23)27-21-10-19(12-33-28(21)38-37-27)18-9-20(13-31-11-18)34-30(40)17-5-3-2-4-6-17/h7-15,17H,2-6H2,1H3,(H,34,40)(H,35,36)(H,33,37,38). The summed E-state index contributed by atoms with van der Waals surface area (Å²) in [6.07, 6.45) is 14.0. The predicted octanol–water partition coefficient (Wildman–Crippen LogP) is 6.41. The van der Waals surface area contributed by atoms with E-state index in [1.165, 1.54) is 17.8 Å². The van der Waals surface area contributed by atoms with Crippen molar-refractivity contribution in [3.8, 4) is 33.1 Å². The molecule has 1 aliphatic carbocycles. The number of nitrogens with one attached hydrogen (secondary N) is 3. The summed E-state index contributed by atoms with van der Waals surface area (Å²) in [5.74, 6) is 0.736. The number of amides is 1. The van der Waals surface area contributed by atoms with Crippen LogP contribution in [-0.4, -0.2) is 46.8 Å². The van der Waals surface area contributed by atoms with Gasteiger partial charge in [0.25, 0.3) is 0 Å². The maximum Gasteiger partial charge on any atom is 0.227 e. The minimum Gasteiger partial charge on any atom is -0.335 e. The molecule has 7 rings (SSSR count). The van der Waals surface area contributed by atoms with Crippen LogP contribution in [0.15, 0.2) is 55.2 Å². The van der Waals surface area contributed by atoms with E-state index in [2.05, 4.69) is 35.5 Å². The average molecular weight is 563 g/mol. The smallest absolute Gasteiger partial charge is 0.227 e. The summed E-state index contributed by atoms with van der Waals surface area (Å²) in [6.45, 7) is 1.56. The predicted molar refractivity (Wildman–Crippen MR) is 159 cm³/mol. The highest BCUT2D eigenvalue weighted by Crippen LogP contribution is 2.35. The van der Waals surface area contributed by atoms with Crippen LogP contribution in [0.5, 0.6) is 0 Å². The van der Waals surface area contributed by atoms with Crippen molar-refractivity contribution >= 4 is 50.8 Å². The number of hydrogen-bond acceptors (Lipinski definition) is 8. The first-order valence-corrected chi connectivity index (χ1v) is 14.4. The molecule has 1 fully saturated rings. The Balaban J connectivity index is 1.22. The zero-order chi connectivity index (χ0) is 27.9. The highest BCUT2D eigenvalue weighted by Gasteiger charge is 2.22. The SMILES string of the molecule is CC(=O)c1ccc(-c2cncc3[nH]c(-c4n[nH]c5ncc(-c6cncc(NC(=O)C7CCCCC7)c6)cc45)nc23)s1. The van der Waals surface area contributed by atoms with Gasteiger partial charge >= 0.3 is 0 Å². The van der Waals surface area contributed by atoms with Crippen molar-refractivity contribution in [3.63, 3.8) is 0 Å². The highest BCUT2D eigenvalue weighted by molar-refractivity contribution is 7.17. The monoisotopic (exact) mass is 562 g/mol. The second-order valence-electron chi connectivity index (χ2n) is 10.4. The van der Waals surface area contributed by atoms with Crippen LogP contribution in [0.4, 0.5) is 5.69 Å². The normalized spacial score (nSPS) is 14.1. The third kappa shape index (κ3) is 4.78. The summed E-state index contributed by atoms with van der Waals surface area (Å²) >= 11 is 1.42. The molecule has 10 nitrogen and oxygen atoms in total. The Morgan fingerprint density at radius 1 is 0.976 bits per heavy atom. The van der Waals surface area contributed by atoms with E-state index in [4.69, 9.17) is 4.98 Å². The molecular weight excluding hydrogens is 536 g/mol. The second-order valence-corrected chi connectivity index (χ2v) is 11.5. The average Bonchev–Trinajstić information content (AvgIpc) is 3.75. The number of hydrogen-bond donors (Lipinski definition) is 3. The lowest BCUT2D eigenvalue weighted by molar-refractivity contribution is -0.120. The fraction of sp³-hybridized carbons (Fsp3) is 0.233. The molecule has 0 unspecified atom stereocenters. The van der Waals surface area contributed by atoms with E-state index in [1.807, 2.05) is 24.3 Å². The second kappa shape index (κ2) is 10.3. The van der Waals surface area contributed by atoms with E-state index in [1.54, 1.807) is 37.9 Å². The lowest BCUT2D eigenvalue weighted by atomic mass is 9.88. The number of rotatable bonds is 6. The molecule has 0 aromatic carbocycles. The van der Waals surface area contributed by atoms with Crippen molar-refractivity contribution < 1.29 is 9.59 Å². The molecular formula is C30H26N8O2S. The number of anilines is 1. The zero-order valence-electron chi connectivity index (χ0n) is 22.3. The molecule has 0 aliphatic heterocycles. The van der Waals surface area contributed by atoms with Crippen LogP contribution in [0.1, 0.15) is 48.7 Å². The van der Waals surface area contributed by atoms with Gasteiger partial charge in [-0.25, -0.2) is 9.97 Å². The lowest BCUT2D eigenvalue weighted by Gasteiger charge is -2.20. The van der Waals surface area contributed by atoms with Gasteiger partial charge in [0.05, 0.1) is 33.9 Å². The number of carbonyl (C=O) groups is 2. The summed E-state index contributed by atoms with van der Waals surface area (Å²) in [6, 6.07) is 7.67. The van der Waals surface area contributed by atoms with Crippen molar-refractivity contribution in [1.29, 1.82) is 0 Å². The number of aromatic amines is 2. The van der Waals surface area contributed by atoms with Gasteiger partial charge in [0.1, 0.15) is 11.2 Å². The van der Waals surface area contributed by atoms with Gasteiger partial charge < -0.3 is 10.3 Å². The molecule has 1 amide bonds. The minimum absolute atomic E-state index is 0.0303. The Hall–Kier alpha value is -4.77. The van der Waals surface area contributed by atoms with Crippen molar-refractivity contribution in [2.45, 2.75) is 39.0 Å². The van der Waals surface area contributed by atoms with Crippen LogP contribution < -0.4 is 5.32 Å². The number of nitrogens with zero attached hydrogens (tertiary/aromatic N) is 5. The van der Waals surface area contributed by atoms with Crippen LogP contribution in [0.3, 0.4) is 0 Å². The van der Waals surface area contributed by atoms with Crippen LogP contribution in [-0.2, 0) is 4.79 Å². The number of carbonyl (C=O) groups excluding carboxylic acids is 2. The third-order valence-electron chi connectivity index (χ3n) is 7.57. The number of imidazole rings is 1. The highest BCUT2D eigenvalue weighted by atomic mass is 32.1. The van der Waals surface area contributed by atoms with Gasteiger partial charge in [-0.3, -0.25) is 24.7 Å². The molecule has 3 N–H and O–H groups in total. The van der Waals surface area contributed by atoms with Crippen molar-refractivity contribution in [2.75, 3.05) is 5.32 Å². The Morgan fingerprint density at radius 3 is 2.63 bits per heavy atom. The molecule has 1 aliphatic rings. The fourth-order valence-electron chi connectivity index (χ4n) is 5.41. The number of aromatic nitrogens is 7. The molecule has 1 saturated carbocycles. The molecule has 0 saturated heterocycles. The molecule has 6 heterocycles. The van der Waals surface area contributed by atoms with E-state index in [-0.39, 0.29) is 17.6 Å². The van der Waals surface area contributed by atoms with Gasteiger partial charge in [0.2, 0.25) is 5.91 Å². The minimum atomic E-state index is 0.0303. The quantitative estimate of drug-likeness (QED) is 0.199. The summed E-state index contributed by atoms with van der Waals surface area (Å²) < 4.78 is 0. The largest absolute Gasteiger partial charge is 0.335 e. The Kier molecular flexibility index (Phi) is 6.35. The summed E-state index contributed by atoms with van der Waals surface area (Å²) in [7, 11) is 0. The molecule has 6 aromatic rings. The van der Waals surface area contributed by atoms with Gasteiger partial charge in [-0.05, 0) is 44.0 Å². The summed E-state index contributed by atoms with van der Waals surface area (Å²) in [4.78, 5) is 47.8. The molecule has 0 spiro atoms. The Labute approximate surface area is 238 Å². The maximum absolute atomic E-state index is 12.8. The van der Waals surface area contributed by atoms with Crippen LogP contribution in [0, 0.1) is 5.92 Å². The van der Waals surface area contributed by atoms with E-state index >= 15 is 0 Å². The molecule has 0 radical (unpaired) electrons. The third-order valence-corrected chi connectivity index (χ3v) is 8.79. The van der Waals surface area contributed by atoms with Gasteiger partial charge in [-0.1, -0.05) is 19.3 Å². The van der Waals surface area contributed by atoms with Gasteiger partial charge in [0.15, 0.2) is 17.3 Å². The van der Waals surface area contributed by atoms with Gasteiger partial charge in [-0.2, -0.15) is 5.10 Å². The van der Waals surface area contributed by atoms with Gasteiger partial charge in [0, 0.05) is 46.1 Å². The van der Waals surface area contributed by atoms with Crippen molar-refractivity contribution in [2.24, 2.45) is 5.92 Å². The van der Waals surface area contributed by atoms with Gasteiger partial charge in [-0.15, -0.1) is 11.3 Å². The van der Waals surface area contributed by atoms with E-state index in [9.17, 15) is 9.59 Å². The first-order valence-electron chi connectivity index (χ1n) is 13.6. The topological polar surface area (TPSA) is 142 Å². The number of Topliss-reactive ketones (excluding diaryl/α,β-unsaturated/α-hetero) is 1. The number of thiophene rings is 1. The zero-order valence-corrected chi connectivity index (χ0v) is 23.1. The molecule has 0 atom stereocenters. The maximum atomic E-state index is 12.8. The summed E-state index contributed by atoms with van der Waals surface area (Å²) in [5.41, 5.74) is 5.96. The number of ketones is 1. The Morgan fingerprint density at radius 2 is 1.80 bits per heavy atom. The fourth-order valence-corrected chi connectivity index (χ4v) is 6.33. The molecule has 11 heteroatoms. The molecule has 41 heavy (non-hydrogen) atoms. The van der Waals surface area contributed by atoms with Crippen molar-refractivity contribution in [1.82, 2.24) is 35.1 Å². The van der Waals surface area contributed by atoms with Crippen LogP contribution >= 0.6 is 11.3 Å². The molecule has 204 valence electrons. The van der Waals surface area contributed by atoms with Crippen LogP contribution in [0.25, 0.3) is 55.2 Å². The first kappa shape index (κ1) is 25.2. The molecule has 6 aromatic heterocycles. The molecule has 0 bridgehead atoms.